The zero-order valence-electron chi connectivity index (χ0n) is 11.8. The van der Waals surface area contributed by atoms with E-state index in [4.69, 9.17) is 14.4 Å². The van der Waals surface area contributed by atoms with Crippen LogP contribution in [0.4, 0.5) is 0 Å². The quantitative estimate of drug-likeness (QED) is 0.780. The van der Waals surface area contributed by atoms with Crippen LogP contribution in [0.5, 0.6) is 0 Å². The van der Waals surface area contributed by atoms with Crippen molar-refractivity contribution in [1.82, 2.24) is 0 Å². The fourth-order valence-electron chi connectivity index (χ4n) is 2.07. The molecule has 1 aliphatic heterocycles. The third-order valence-electron chi connectivity index (χ3n) is 3.99. The molecule has 1 fully saturated rings. The average Bonchev–Trinajstić information content (AvgIpc) is 2.47. The minimum Gasteiger partial charge on any atom is -0.400 e. The van der Waals surface area contributed by atoms with E-state index in [9.17, 15) is 8.42 Å². The number of allylic oxidation sites excluding steroid dienone is 3. The van der Waals surface area contributed by atoms with E-state index in [2.05, 4.69) is 0 Å². The van der Waals surface area contributed by atoms with Crippen molar-refractivity contribution < 1.29 is 17.7 Å². The van der Waals surface area contributed by atoms with Crippen LogP contribution in [0.15, 0.2) is 22.5 Å². The number of hydrogen-bond acceptors (Lipinski definition) is 4. The summed E-state index contributed by atoms with van der Waals surface area (Å²) >= 11 is 0. The molecule has 0 bridgehead atoms. The molecule has 2 aliphatic rings. The van der Waals surface area contributed by atoms with Crippen LogP contribution in [0, 0.1) is 0 Å². The highest BCUT2D eigenvalue weighted by Gasteiger charge is 2.52. The van der Waals surface area contributed by atoms with Gasteiger partial charge >= 0.3 is 7.12 Å². The average molecular weight is 285 g/mol. The van der Waals surface area contributed by atoms with E-state index in [0.717, 1.165) is 11.9 Å². The summed E-state index contributed by atoms with van der Waals surface area (Å²) < 4.78 is 34.6. The predicted octanol–water partition coefficient (Wildman–Crippen LogP) is 1.51. The second kappa shape index (κ2) is 4.44. The van der Waals surface area contributed by atoms with Gasteiger partial charge in [0.2, 0.25) is 10.0 Å². The van der Waals surface area contributed by atoms with E-state index in [1.807, 2.05) is 27.7 Å². The van der Waals surface area contributed by atoms with E-state index in [1.165, 1.54) is 0 Å². The first-order valence-electron chi connectivity index (χ1n) is 6.32. The van der Waals surface area contributed by atoms with Crippen LogP contribution in [-0.2, 0) is 19.3 Å². The van der Waals surface area contributed by atoms with Crippen molar-refractivity contribution in [2.45, 2.75) is 51.7 Å². The molecule has 5 nitrogen and oxygen atoms in total. The molecule has 19 heavy (non-hydrogen) atoms. The number of primary sulfonamides is 1. The van der Waals surface area contributed by atoms with Gasteiger partial charge in [-0.1, -0.05) is 6.08 Å². The maximum atomic E-state index is 11.4. The van der Waals surface area contributed by atoms with E-state index >= 15 is 0 Å². The highest BCUT2D eigenvalue weighted by Crippen LogP contribution is 2.40. The van der Waals surface area contributed by atoms with Gasteiger partial charge in [0.25, 0.3) is 0 Å². The lowest BCUT2D eigenvalue weighted by Crippen LogP contribution is -2.41. The first-order chi connectivity index (χ1) is 8.53. The molecule has 0 amide bonds. The Labute approximate surface area is 115 Å². The second-order valence-electron chi connectivity index (χ2n) is 6.00. The molecule has 7 heteroatoms. The van der Waals surface area contributed by atoms with E-state index < -0.39 is 28.3 Å². The van der Waals surface area contributed by atoms with Crippen LogP contribution >= 0.6 is 0 Å². The summed E-state index contributed by atoms with van der Waals surface area (Å²) in [5.74, 6) is 0. The van der Waals surface area contributed by atoms with Crippen molar-refractivity contribution in [2.75, 3.05) is 0 Å². The molecule has 0 atom stereocenters. The van der Waals surface area contributed by atoms with Crippen LogP contribution in [0.25, 0.3) is 0 Å². The van der Waals surface area contributed by atoms with Crippen molar-refractivity contribution in [2.24, 2.45) is 5.14 Å². The Hall–Kier alpha value is -0.625. The first kappa shape index (κ1) is 14.8. The maximum Gasteiger partial charge on any atom is 0.490 e. The monoisotopic (exact) mass is 285 g/mol. The summed E-state index contributed by atoms with van der Waals surface area (Å²) in [5, 5.41) is 5.16. The molecule has 106 valence electrons. The third kappa shape index (κ3) is 2.79. The Kier molecular flexibility index (Phi) is 3.46. The summed E-state index contributed by atoms with van der Waals surface area (Å²) in [6.07, 6.45) is 4.54. The zero-order valence-corrected chi connectivity index (χ0v) is 12.6. The molecule has 0 aromatic heterocycles. The SMILES string of the molecule is CC1(C)OB(C2=CC(S(N)(=O)=O)=CCC2)OC1(C)C. The molecule has 0 saturated carbocycles. The Balaban J connectivity index is 2.26. The number of nitrogens with two attached hydrogens (primary N) is 1. The molecule has 0 spiro atoms. The first-order valence-corrected chi connectivity index (χ1v) is 7.87. The van der Waals surface area contributed by atoms with Gasteiger partial charge < -0.3 is 9.31 Å². The van der Waals surface area contributed by atoms with Gasteiger partial charge in [-0.2, -0.15) is 0 Å². The molecule has 0 unspecified atom stereocenters. The van der Waals surface area contributed by atoms with Gasteiger partial charge in [-0.3, -0.25) is 0 Å². The van der Waals surface area contributed by atoms with Gasteiger partial charge in [-0.15, -0.1) is 0 Å². The fourth-order valence-corrected chi connectivity index (χ4v) is 2.74. The summed E-state index contributed by atoms with van der Waals surface area (Å²) in [5.41, 5.74) is -0.0341. The lowest BCUT2D eigenvalue weighted by molar-refractivity contribution is 0.00578. The summed E-state index contributed by atoms with van der Waals surface area (Å²) in [4.78, 5) is 0.142. The van der Waals surface area contributed by atoms with Crippen LogP contribution in [0.1, 0.15) is 40.5 Å². The smallest absolute Gasteiger partial charge is 0.400 e. The fraction of sp³-hybridized carbons (Fsp3) is 0.667. The van der Waals surface area contributed by atoms with Crippen molar-refractivity contribution in [3.8, 4) is 0 Å². The third-order valence-corrected chi connectivity index (χ3v) is 4.93. The molecule has 2 N–H and O–H groups in total. The maximum absolute atomic E-state index is 11.4. The van der Waals surface area contributed by atoms with Crippen LogP contribution in [0.2, 0.25) is 0 Å². The standard InChI is InChI=1S/C12H20BNO4S/c1-11(2)12(3,4)18-13(17-11)9-6-5-7-10(8-9)19(14,15)16/h7-8H,5-6H2,1-4H3,(H2,14,15,16). The van der Waals surface area contributed by atoms with Crippen LogP contribution in [0.3, 0.4) is 0 Å². The molecule has 1 aliphatic carbocycles. The van der Waals surface area contributed by atoms with Crippen molar-refractivity contribution in [1.29, 1.82) is 0 Å². The molecule has 0 aromatic rings. The Morgan fingerprint density at radius 2 is 1.74 bits per heavy atom. The van der Waals surface area contributed by atoms with Gasteiger partial charge in [-0.25, -0.2) is 13.6 Å². The molecule has 1 heterocycles. The van der Waals surface area contributed by atoms with Crippen molar-refractivity contribution >= 4 is 17.1 Å². The summed E-state index contributed by atoms with van der Waals surface area (Å²) in [6, 6.07) is 0. The lowest BCUT2D eigenvalue weighted by Gasteiger charge is -2.32. The van der Waals surface area contributed by atoms with E-state index in [0.29, 0.717) is 6.42 Å². The highest BCUT2D eigenvalue weighted by atomic mass is 32.2. The summed E-state index contributed by atoms with van der Waals surface area (Å²) in [7, 11) is -4.18. The van der Waals surface area contributed by atoms with Gasteiger partial charge in [0.1, 0.15) is 0 Å². The van der Waals surface area contributed by atoms with Crippen LogP contribution < -0.4 is 5.14 Å². The molecular weight excluding hydrogens is 265 g/mol. The largest absolute Gasteiger partial charge is 0.490 e. The molecule has 0 radical (unpaired) electrons. The topological polar surface area (TPSA) is 78.6 Å². The van der Waals surface area contributed by atoms with Crippen molar-refractivity contribution in [3.05, 3.63) is 22.5 Å². The number of hydrogen-bond donors (Lipinski definition) is 1. The highest BCUT2D eigenvalue weighted by molar-refractivity contribution is 7.93. The molecule has 2 rings (SSSR count). The van der Waals surface area contributed by atoms with Gasteiger partial charge in [0, 0.05) is 0 Å². The van der Waals surface area contributed by atoms with Gasteiger partial charge in [-0.05, 0) is 52.1 Å². The van der Waals surface area contributed by atoms with Gasteiger partial charge in [0.05, 0.1) is 16.1 Å². The summed E-state index contributed by atoms with van der Waals surface area (Å²) in [6.45, 7) is 7.86. The Bertz CT molecular complexity index is 532. The molecule has 0 aromatic carbocycles. The minimum absolute atomic E-state index is 0.142. The second-order valence-corrected chi connectivity index (χ2v) is 7.56. The normalized spacial score (nSPS) is 26.1. The lowest BCUT2D eigenvalue weighted by atomic mass is 9.74. The predicted molar refractivity (Wildman–Crippen MR) is 74.6 cm³/mol. The number of sulfonamides is 1. The van der Waals surface area contributed by atoms with Crippen molar-refractivity contribution in [3.63, 3.8) is 0 Å². The Morgan fingerprint density at radius 3 is 2.21 bits per heavy atom. The van der Waals surface area contributed by atoms with Crippen LogP contribution in [-0.4, -0.2) is 26.7 Å². The van der Waals surface area contributed by atoms with Gasteiger partial charge in [0.15, 0.2) is 0 Å². The minimum atomic E-state index is -3.67. The molecular formula is C12H20BNO4S. The van der Waals surface area contributed by atoms with E-state index in [-0.39, 0.29) is 4.91 Å². The number of rotatable bonds is 2. The van der Waals surface area contributed by atoms with E-state index in [1.54, 1.807) is 12.2 Å². The molecule has 1 saturated heterocycles. The zero-order chi connectivity index (χ0) is 14.5. The Morgan fingerprint density at radius 1 is 1.21 bits per heavy atom.